The van der Waals surface area contributed by atoms with Crippen LogP contribution < -0.4 is 10.9 Å². The highest BCUT2D eigenvalue weighted by Crippen LogP contribution is 2.13. The standard InChI is InChI=1S/C10H8ClFN4O2.C2HF3O2/c11-9(12)10(18)14-7-5-8(17)15-16(7)6-3-1-2-4-13-6;3-2(4,5)1(6)7/h1-5,9H,(H,14,18)(H,15,17);(H,6,7). The minimum Gasteiger partial charge on any atom is -0.475 e. The van der Waals surface area contributed by atoms with Crippen molar-refractivity contribution >= 4 is 29.3 Å². The van der Waals surface area contributed by atoms with Crippen LogP contribution in [0.3, 0.4) is 0 Å². The number of carboxylic acids is 1. The van der Waals surface area contributed by atoms with Crippen LogP contribution in [-0.2, 0) is 9.59 Å². The largest absolute Gasteiger partial charge is 0.490 e. The molecule has 2 rings (SSSR count). The maximum absolute atomic E-state index is 12.6. The van der Waals surface area contributed by atoms with E-state index < -0.39 is 29.2 Å². The van der Waals surface area contributed by atoms with Gasteiger partial charge in [0.15, 0.2) is 5.82 Å². The normalized spacial score (nSPS) is 11.9. The summed E-state index contributed by atoms with van der Waals surface area (Å²) < 4.78 is 45.5. The first-order valence-corrected chi connectivity index (χ1v) is 6.58. The molecule has 2 heterocycles. The van der Waals surface area contributed by atoms with Gasteiger partial charge in [0, 0.05) is 12.3 Å². The Morgan fingerprint density at radius 2 is 1.96 bits per heavy atom. The fourth-order valence-corrected chi connectivity index (χ4v) is 1.39. The van der Waals surface area contributed by atoms with Crippen LogP contribution in [0, 0.1) is 0 Å². The lowest BCUT2D eigenvalue weighted by atomic mass is 10.4. The fraction of sp³-hybridized carbons (Fsp3) is 0.167. The monoisotopic (exact) mass is 384 g/mol. The van der Waals surface area contributed by atoms with Gasteiger partial charge >= 0.3 is 12.1 Å². The fourth-order valence-electron chi connectivity index (χ4n) is 1.33. The number of aromatic amines is 1. The number of alkyl halides is 5. The van der Waals surface area contributed by atoms with Crippen molar-refractivity contribution in [3.8, 4) is 5.82 Å². The molecule has 136 valence electrons. The minimum atomic E-state index is -5.08. The lowest BCUT2D eigenvalue weighted by Gasteiger charge is -2.08. The molecule has 1 unspecified atom stereocenters. The molecule has 13 heteroatoms. The van der Waals surface area contributed by atoms with Crippen LogP contribution in [-0.4, -0.2) is 43.6 Å². The summed E-state index contributed by atoms with van der Waals surface area (Å²) >= 11 is 4.99. The zero-order chi connectivity index (χ0) is 19.2. The zero-order valence-electron chi connectivity index (χ0n) is 11.9. The lowest BCUT2D eigenvalue weighted by Crippen LogP contribution is -2.21. The van der Waals surface area contributed by atoms with Gasteiger partial charge in [-0.2, -0.15) is 13.2 Å². The number of anilines is 1. The number of pyridine rings is 1. The highest BCUT2D eigenvalue weighted by molar-refractivity contribution is 6.31. The smallest absolute Gasteiger partial charge is 0.475 e. The maximum Gasteiger partial charge on any atom is 0.490 e. The molecule has 0 bridgehead atoms. The Balaban J connectivity index is 0.000000381. The number of aromatic nitrogens is 3. The Hall–Kier alpha value is -2.89. The molecule has 0 saturated carbocycles. The van der Waals surface area contributed by atoms with E-state index in [1.54, 1.807) is 18.2 Å². The second-order valence-corrected chi connectivity index (χ2v) is 4.51. The van der Waals surface area contributed by atoms with Gasteiger partial charge in [-0.1, -0.05) is 17.7 Å². The van der Waals surface area contributed by atoms with Crippen LogP contribution in [0.15, 0.2) is 35.3 Å². The molecule has 2 aromatic rings. The zero-order valence-corrected chi connectivity index (χ0v) is 12.7. The molecule has 3 N–H and O–H groups in total. The van der Waals surface area contributed by atoms with E-state index in [1.807, 2.05) is 0 Å². The second-order valence-electron chi connectivity index (χ2n) is 4.12. The molecule has 1 atom stereocenters. The minimum absolute atomic E-state index is 0.0620. The van der Waals surface area contributed by atoms with Gasteiger partial charge < -0.3 is 10.4 Å². The number of aliphatic carboxylic acids is 1. The molecule has 1 amide bonds. The van der Waals surface area contributed by atoms with Crippen LogP contribution in [0.2, 0.25) is 0 Å². The molecule has 25 heavy (non-hydrogen) atoms. The first kappa shape index (κ1) is 20.2. The van der Waals surface area contributed by atoms with Crippen molar-refractivity contribution in [2.45, 2.75) is 11.8 Å². The van der Waals surface area contributed by atoms with Gasteiger partial charge in [-0.15, -0.1) is 0 Å². The van der Waals surface area contributed by atoms with E-state index in [1.165, 1.54) is 10.9 Å². The molecular weight excluding hydrogens is 376 g/mol. The molecule has 0 radical (unpaired) electrons. The summed E-state index contributed by atoms with van der Waals surface area (Å²) in [5, 5.41) is 11.7. The Morgan fingerprint density at radius 3 is 2.40 bits per heavy atom. The average molecular weight is 385 g/mol. The molecule has 0 aliphatic carbocycles. The summed E-state index contributed by atoms with van der Waals surface area (Å²) in [6.45, 7) is 0. The molecule has 0 aromatic carbocycles. The molecule has 0 spiro atoms. The highest BCUT2D eigenvalue weighted by Gasteiger charge is 2.38. The Labute approximate surface area is 141 Å². The van der Waals surface area contributed by atoms with E-state index in [4.69, 9.17) is 21.5 Å². The topological polar surface area (TPSA) is 117 Å². The number of rotatable bonds is 3. The second kappa shape index (κ2) is 8.28. The molecule has 0 aliphatic heterocycles. The first-order valence-electron chi connectivity index (χ1n) is 6.15. The number of hydrogen-bond donors (Lipinski definition) is 3. The van der Waals surface area contributed by atoms with Gasteiger partial charge in [0.1, 0.15) is 5.82 Å². The van der Waals surface area contributed by atoms with E-state index in [0.717, 1.165) is 6.07 Å². The Morgan fingerprint density at radius 1 is 1.36 bits per heavy atom. The van der Waals surface area contributed by atoms with Crippen molar-refractivity contribution in [3.05, 3.63) is 40.8 Å². The van der Waals surface area contributed by atoms with Crippen LogP contribution in [0.25, 0.3) is 5.82 Å². The van der Waals surface area contributed by atoms with Gasteiger partial charge in [0.05, 0.1) is 0 Å². The number of nitrogens with zero attached hydrogens (tertiary/aromatic N) is 2. The molecule has 0 aliphatic rings. The van der Waals surface area contributed by atoms with Crippen molar-refractivity contribution < 1.29 is 32.3 Å². The highest BCUT2D eigenvalue weighted by atomic mass is 35.5. The number of halogens is 5. The molecule has 8 nitrogen and oxygen atoms in total. The average Bonchev–Trinajstić information content (AvgIpc) is 2.88. The van der Waals surface area contributed by atoms with Crippen molar-refractivity contribution in [1.82, 2.24) is 14.8 Å². The Bertz CT molecular complexity index is 788. The van der Waals surface area contributed by atoms with Crippen LogP contribution in [0.4, 0.5) is 23.4 Å². The maximum atomic E-state index is 12.6. The third kappa shape index (κ3) is 6.25. The molecule has 0 saturated heterocycles. The lowest BCUT2D eigenvalue weighted by molar-refractivity contribution is -0.192. The van der Waals surface area contributed by atoms with Gasteiger partial charge in [-0.25, -0.2) is 18.9 Å². The van der Waals surface area contributed by atoms with Gasteiger partial charge in [0.2, 0.25) is 0 Å². The molecular formula is C12H9ClF4N4O4. The van der Waals surface area contributed by atoms with Crippen LogP contribution in [0.1, 0.15) is 0 Å². The summed E-state index contributed by atoms with van der Waals surface area (Å²) in [6.07, 6.45) is -3.57. The summed E-state index contributed by atoms with van der Waals surface area (Å²) in [4.78, 5) is 35.3. The predicted molar refractivity (Wildman–Crippen MR) is 77.3 cm³/mol. The third-order valence-corrected chi connectivity index (χ3v) is 2.50. The van der Waals surface area contributed by atoms with E-state index in [-0.39, 0.29) is 5.82 Å². The van der Waals surface area contributed by atoms with Crippen molar-refractivity contribution in [1.29, 1.82) is 0 Å². The van der Waals surface area contributed by atoms with Gasteiger partial charge in [-0.3, -0.25) is 14.7 Å². The molecule has 2 aromatic heterocycles. The van der Waals surface area contributed by atoms with E-state index in [2.05, 4.69) is 15.4 Å². The van der Waals surface area contributed by atoms with Crippen LogP contribution in [0.5, 0.6) is 0 Å². The SMILES string of the molecule is O=C(Nc1cc(=O)[nH]n1-c1ccccn1)C(F)Cl.O=C(O)C(F)(F)F. The summed E-state index contributed by atoms with van der Waals surface area (Å²) in [5.41, 5.74) is -2.65. The van der Waals surface area contributed by atoms with E-state index in [0.29, 0.717) is 5.82 Å². The molecule has 0 fully saturated rings. The van der Waals surface area contributed by atoms with Crippen LogP contribution >= 0.6 is 11.6 Å². The van der Waals surface area contributed by atoms with E-state index >= 15 is 0 Å². The number of hydrogen-bond acceptors (Lipinski definition) is 4. The summed E-state index contributed by atoms with van der Waals surface area (Å²) in [7, 11) is 0. The summed E-state index contributed by atoms with van der Waals surface area (Å²) in [6, 6.07) is 6.11. The number of carbonyl (C=O) groups excluding carboxylic acids is 1. The number of amides is 1. The predicted octanol–water partition coefficient (Wildman–Crippen LogP) is 1.67. The van der Waals surface area contributed by atoms with E-state index in [9.17, 15) is 27.2 Å². The Kier molecular flexibility index (Phi) is 6.68. The van der Waals surface area contributed by atoms with Gasteiger partial charge in [-0.05, 0) is 12.1 Å². The quantitative estimate of drug-likeness (QED) is 0.549. The number of carbonyl (C=O) groups is 2. The number of H-pyrrole nitrogens is 1. The summed E-state index contributed by atoms with van der Waals surface area (Å²) in [5.74, 6) is -3.38. The van der Waals surface area contributed by atoms with Crippen molar-refractivity contribution in [2.75, 3.05) is 5.32 Å². The van der Waals surface area contributed by atoms with Gasteiger partial charge in [0.25, 0.3) is 17.1 Å². The number of nitrogens with one attached hydrogen (secondary N) is 2. The third-order valence-electron chi connectivity index (χ3n) is 2.30. The van der Waals surface area contributed by atoms with Crippen molar-refractivity contribution in [2.24, 2.45) is 0 Å². The van der Waals surface area contributed by atoms with Crippen molar-refractivity contribution in [3.63, 3.8) is 0 Å². The number of carboxylic acid groups (broad SMARTS) is 1. The first-order chi connectivity index (χ1) is 11.5.